The van der Waals surface area contributed by atoms with Crippen LogP contribution in [0.25, 0.3) is 0 Å². The van der Waals surface area contributed by atoms with Gasteiger partial charge in [0.2, 0.25) is 0 Å². The SMILES string of the molecule is O=C(NCCNc1ccccc1[N+](=O)[O-])NC1CCCC(C(F)(F)F)C1. The van der Waals surface area contributed by atoms with Crippen LogP contribution in [0, 0.1) is 16.0 Å². The van der Waals surface area contributed by atoms with E-state index in [2.05, 4.69) is 16.0 Å². The van der Waals surface area contributed by atoms with E-state index >= 15 is 0 Å². The molecule has 1 fully saturated rings. The van der Waals surface area contributed by atoms with Crippen LogP contribution in [0.5, 0.6) is 0 Å². The third kappa shape index (κ3) is 5.78. The molecule has 2 atom stereocenters. The standard InChI is InChI=1S/C16H21F3N4O3/c17-16(18,19)11-4-3-5-12(10-11)22-15(24)21-9-8-20-13-6-1-2-7-14(13)23(25)26/h1-2,6-7,11-12,20H,3-5,8-10H2,(H2,21,22,24). The van der Waals surface area contributed by atoms with Crippen LogP contribution in [0.4, 0.5) is 29.3 Å². The summed E-state index contributed by atoms with van der Waals surface area (Å²) in [5.41, 5.74) is 0.261. The number of para-hydroxylation sites is 2. The van der Waals surface area contributed by atoms with Crippen molar-refractivity contribution in [3.63, 3.8) is 0 Å². The second-order valence-electron chi connectivity index (χ2n) is 6.20. The molecular formula is C16H21F3N4O3. The van der Waals surface area contributed by atoms with Gasteiger partial charge >= 0.3 is 12.2 Å². The van der Waals surface area contributed by atoms with E-state index in [1.165, 1.54) is 6.07 Å². The second kappa shape index (κ2) is 8.72. The Morgan fingerprint density at radius 1 is 1.23 bits per heavy atom. The van der Waals surface area contributed by atoms with Crippen molar-refractivity contribution >= 4 is 17.4 Å². The van der Waals surface area contributed by atoms with E-state index in [0.29, 0.717) is 18.5 Å². The number of nitrogens with one attached hydrogen (secondary N) is 3. The first-order valence-electron chi connectivity index (χ1n) is 8.35. The molecular weight excluding hydrogens is 353 g/mol. The zero-order chi connectivity index (χ0) is 19.2. The number of carbonyl (C=O) groups is 1. The van der Waals surface area contributed by atoms with Crippen molar-refractivity contribution in [3.05, 3.63) is 34.4 Å². The molecule has 1 saturated carbocycles. The third-order valence-corrected chi connectivity index (χ3v) is 4.30. The van der Waals surface area contributed by atoms with Crippen LogP contribution in [-0.2, 0) is 0 Å². The summed E-state index contributed by atoms with van der Waals surface area (Å²) in [6.07, 6.45) is -3.29. The monoisotopic (exact) mass is 374 g/mol. The Labute approximate surface area is 148 Å². The minimum atomic E-state index is -4.23. The summed E-state index contributed by atoms with van der Waals surface area (Å²) in [4.78, 5) is 22.2. The second-order valence-corrected chi connectivity index (χ2v) is 6.20. The first-order chi connectivity index (χ1) is 12.3. The maximum Gasteiger partial charge on any atom is 0.391 e. The van der Waals surface area contributed by atoms with E-state index in [1.54, 1.807) is 18.2 Å². The van der Waals surface area contributed by atoms with Gasteiger partial charge in [0.1, 0.15) is 5.69 Å². The minimum absolute atomic E-state index is 0.0719. The molecule has 0 bridgehead atoms. The molecule has 1 aromatic carbocycles. The van der Waals surface area contributed by atoms with Crippen LogP contribution in [0.2, 0.25) is 0 Å². The number of benzene rings is 1. The molecule has 1 aromatic rings. The third-order valence-electron chi connectivity index (χ3n) is 4.30. The van der Waals surface area contributed by atoms with E-state index < -0.39 is 29.1 Å². The van der Waals surface area contributed by atoms with Crippen molar-refractivity contribution in [3.8, 4) is 0 Å². The zero-order valence-corrected chi connectivity index (χ0v) is 14.0. The van der Waals surface area contributed by atoms with Crippen molar-refractivity contribution in [1.82, 2.24) is 10.6 Å². The van der Waals surface area contributed by atoms with E-state index in [0.717, 1.165) is 0 Å². The predicted octanol–water partition coefficient (Wildman–Crippen LogP) is 3.43. The summed E-state index contributed by atoms with van der Waals surface area (Å²) < 4.78 is 38.3. The molecule has 0 saturated heterocycles. The molecule has 10 heteroatoms. The van der Waals surface area contributed by atoms with Gasteiger partial charge in [0, 0.05) is 25.2 Å². The van der Waals surface area contributed by atoms with Crippen LogP contribution in [0.15, 0.2) is 24.3 Å². The molecule has 0 aromatic heterocycles. The predicted molar refractivity (Wildman–Crippen MR) is 89.9 cm³/mol. The number of nitro benzene ring substituents is 1. The highest BCUT2D eigenvalue weighted by molar-refractivity contribution is 5.74. The maximum absolute atomic E-state index is 12.8. The van der Waals surface area contributed by atoms with Gasteiger partial charge in [0.15, 0.2) is 0 Å². The minimum Gasteiger partial charge on any atom is -0.378 e. The number of carbonyl (C=O) groups excluding carboxylic acids is 1. The molecule has 7 nitrogen and oxygen atoms in total. The van der Waals surface area contributed by atoms with Crippen LogP contribution in [-0.4, -0.2) is 36.3 Å². The Hall–Kier alpha value is -2.52. The molecule has 144 valence electrons. The lowest BCUT2D eigenvalue weighted by atomic mass is 9.85. The number of hydrogen-bond donors (Lipinski definition) is 3. The van der Waals surface area contributed by atoms with Crippen molar-refractivity contribution in [1.29, 1.82) is 0 Å². The normalized spacial score (nSPS) is 20.3. The Morgan fingerprint density at radius 2 is 1.96 bits per heavy atom. The highest BCUT2D eigenvalue weighted by Gasteiger charge is 2.42. The largest absolute Gasteiger partial charge is 0.391 e. The maximum atomic E-state index is 12.8. The average Bonchev–Trinajstić information content (AvgIpc) is 2.58. The van der Waals surface area contributed by atoms with Gasteiger partial charge in [-0.1, -0.05) is 18.6 Å². The van der Waals surface area contributed by atoms with E-state index in [1.807, 2.05) is 0 Å². The van der Waals surface area contributed by atoms with Gasteiger partial charge in [-0.25, -0.2) is 4.79 Å². The fraction of sp³-hybridized carbons (Fsp3) is 0.562. The number of urea groups is 1. The highest BCUT2D eigenvalue weighted by atomic mass is 19.4. The van der Waals surface area contributed by atoms with Gasteiger partial charge in [0.05, 0.1) is 10.8 Å². The summed E-state index contributed by atoms with van der Waals surface area (Å²) >= 11 is 0. The van der Waals surface area contributed by atoms with Gasteiger partial charge in [-0.15, -0.1) is 0 Å². The highest BCUT2D eigenvalue weighted by Crippen LogP contribution is 2.37. The summed E-state index contributed by atoms with van der Waals surface area (Å²) in [7, 11) is 0. The Morgan fingerprint density at radius 3 is 2.65 bits per heavy atom. The molecule has 1 aliphatic carbocycles. The number of halogens is 3. The summed E-state index contributed by atoms with van der Waals surface area (Å²) in [6.45, 7) is 0.418. The summed E-state index contributed by atoms with van der Waals surface area (Å²) in [5, 5.41) is 18.8. The van der Waals surface area contributed by atoms with Crippen molar-refractivity contribution in [2.45, 2.75) is 37.9 Å². The number of nitrogens with zero attached hydrogens (tertiary/aromatic N) is 1. The van der Waals surface area contributed by atoms with Crippen molar-refractivity contribution in [2.24, 2.45) is 5.92 Å². The van der Waals surface area contributed by atoms with Gasteiger partial charge in [-0.3, -0.25) is 10.1 Å². The molecule has 26 heavy (non-hydrogen) atoms. The topological polar surface area (TPSA) is 96.3 Å². The molecule has 0 aliphatic heterocycles. The first-order valence-corrected chi connectivity index (χ1v) is 8.35. The average molecular weight is 374 g/mol. The number of nitro groups is 1. The molecule has 0 radical (unpaired) electrons. The Bertz CT molecular complexity index is 639. The van der Waals surface area contributed by atoms with Crippen LogP contribution < -0.4 is 16.0 Å². The number of rotatable bonds is 6. The summed E-state index contributed by atoms with van der Waals surface area (Å²) in [6, 6.07) is 5.07. The zero-order valence-electron chi connectivity index (χ0n) is 14.0. The van der Waals surface area contributed by atoms with E-state index in [9.17, 15) is 28.1 Å². The molecule has 2 rings (SSSR count). The Kier molecular flexibility index (Phi) is 6.64. The van der Waals surface area contributed by atoms with Gasteiger partial charge in [-0.2, -0.15) is 13.2 Å². The van der Waals surface area contributed by atoms with Crippen LogP contribution >= 0.6 is 0 Å². The molecule has 0 heterocycles. The number of alkyl halides is 3. The van der Waals surface area contributed by atoms with Crippen LogP contribution in [0.1, 0.15) is 25.7 Å². The lowest BCUT2D eigenvalue weighted by Gasteiger charge is -2.31. The van der Waals surface area contributed by atoms with Gasteiger partial charge < -0.3 is 16.0 Å². The Balaban J connectivity index is 1.72. The van der Waals surface area contributed by atoms with Gasteiger partial charge in [-0.05, 0) is 25.3 Å². The van der Waals surface area contributed by atoms with Crippen molar-refractivity contribution in [2.75, 3.05) is 18.4 Å². The number of anilines is 1. The quantitative estimate of drug-likeness (QED) is 0.404. The fourth-order valence-corrected chi connectivity index (χ4v) is 3.01. The number of amides is 2. The molecule has 2 unspecified atom stereocenters. The van der Waals surface area contributed by atoms with Gasteiger partial charge in [0.25, 0.3) is 5.69 Å². The lowest BCUT2D eigenvalue weighted by molar-refractivity contribution is -0.384. The van der Waals surface area contributed by atoms with Crippen LogP contribution in [0.3, 0.4) is 0 Å². The fourth-order valence-electron chi connectivity index (χ4n) is 3.01. The smallest absolute Gasteiger partial charge is 0.378 e. The van der Waals surface area contributed by atoms with E-state index in [4.69, 9.17) is 0 Å². The number of hydrogen-bond acceptors (Lipinski definition) is 4. The van der Waals surface area contributed by atoms with Crippen molar-refractivity contribution < 1.29 is 22.9 Å². The first kappa shape index (κ1) is 19.8. The molecule has 0 spiro atoms. The van der Waals surface area contributed by atoms with E-state index in [-0.39, 0.29) is 31.6 Å². The molecule has 1 aliphatic rings. The lowest BCUT2D eigenvalue weighted by Crippen LogP contribution is -2.46. The molecule has 3 N–H and O–H groups in total. The molecule has 2 amide bonds. The summed E-state index contributed by atoms with van der Waals surface area (Å²) in [5.74, 6) is -1.37.